The van der Waals surface area contributed by atoms with Gasteiger partial charge in [0.25, 0.3) is 0 Å². The molecule has 1 aliphatic heterocycles. The molecule has 0 fully saturated rings. The SMILES string of the molecule is Cc1nnc(SCCNC(=O)CCc2cc3n(n2)CCNC3)s1. The second-order valence-corrected chi connectivity index (χ2v) is 7.84. The molecule has 23 heavy (non-hydrogen) atoms. The Morgan fingerprint density at radius 1 is 1.52 bits per heavy atom. The molecule has 2 aromatic heterocycles. The fourth-order valence-electron chi connectivity index (χ4n) is 2.37. The zero-order valence-corrected chi connectivity index (χ0v) is 14.7. The Balaban J connectivity index is 1.34. The number of carbonyl (C=O) groups is 1. The van der Waals surface area contributed by atoms with Gasteiger partial charge in [-0.25, -0.2) is 0 Å². The standard InChI is InChI=1S/C14H20N6OS2/c1-10-17-18-14(23-10)22-7-5-16-13(21)3-2-11-8-12-9-15-4-6-20(12)19-11/h8,15H,2-7,9H2,1H3,(H,16,21). The quantitative estimate of drug-likeness (QED) is 0.571. The third-order valence-electron chi connectivity index (χ3n) is 3.49. The van der Waals surface area contributed by atoms with E-state index in [1.165, 1.54) is 5.69 Å². The van der Waals surface area contributed by atoms with Crippen molar-refractivity contribution in [2.24, 2.45) is 0 Å². The zero-order chi connectivity index (χ0) is 16.1. The number of aromatic nitrogens is 4. The number of thioether (sulfide) groups is 1. The second-order valence-electron chi connectivity index (χ2n) is 5.31. The van der Waals surface area contributed by atoms with E-state index in [4.69, 9.17) is 0 Å². The summed E-state index contributed by atoms with van der Waals surface area (Å²) in [5.74, 6) is 0.883. The van der Waals surface area contributed by atoms with Crippen LogP contribution < -0.4 is 10.6 Å². The van der Waals surface area contributed by atoms with Crippen LogP contribution in [0.5, 0.6) is 0 Å². The van der Waals surface area contributed by atoms with Gasteiger partial charge in [0.2, 0.25) is 5.91 Å². The smallest absolute Gasteiger partial charge is 0.220 e. The molecule has 0 aromatic carbocycles. The fraction of sp³-hybridized carbons (Fsp3) is 0.571. The van der Waals surface area contributed by atoms with E-state index in [1.807, 2.05) is 11.6 Å². The molecule has 7 nitrogen and oxygen atoms in total. The molecular formula is C14H20N6OS2. The molecule has 124 valence electrons. The molecule has 3 heterocycles. The average molecular weight is 352 g/mol. The van der Waals surface area contributed by atoms with Crippen LogP contribution in [0, 0.1) is 6.92 Å². The molecule has 0 spiro atoms. The summed E-state index contributed by atoms with van der Waals surface area (Å²) >= 11 is 3.20. The molecule has 0 saturated carbocycles. The Kier molecular flexibility index (Phi) is 5.63. The van der Waals surface area contributed by atoms with Crippen molar-refractivity contribution in [3.8, 4) is 0 Å². The predicted molar refractivity (Wildman–Crippen MR) is 90.6 cm³/mol. The lowest BCUT2D eigenvalue weighted by Crippen LogP contribution is -2.28. The van der Waals surface area contributed by atoms with Crippen molar-refractivity contribution >= 4 is 29.0 Å². The Morgan fingerprint density at radius 3 is 3.22 bits per heavy atom. The maximum Gasteiger partial charge on any atom is 0.220 e. The monoisotopic (exact) mass is 352 g/mol. The van der Waals surface area contributed by atoms with Crippen molar-refractivity contribution in [1.82, 2.24) is 30.6 Å². The van der Waals surface area contributed by atoms with Crippen LogP contribution in [-0.2, 0) is 24.3 Å². The molecule has 3 rings (SSSR count). The summed E-state index contributed by atoms with van der Waals surface area (Å²) in [5.41, 5.74) is 2.20. The first kappa shape index (κ1) is 16.4. The van der Waals surface area contributed by atoms with Gasteiger partial charge in [0.15, 0.2) is 4.34 Å². The van der Waals surface area contributed by atoms with Crippen molar-refractivity contribution in [3.05, 3.63) is 22.5 Å². The van der Waals surface area contributed by atoms with Gasteiger partial charge in [-0.15, -0.1) is 10.2 Å². The molecule has 0 atom stereocenters. The molecule has 1 aliphatic rings. The maximum absolute atomic E-state index is 11.9. The van der Waals surface area contributed by atoms with E-state index in [0.717, 1.165) is 40.4 Å². The number of hydrogen-bond donors (Lipinski definition) is 2. The minimum atomic E-state index is 0.0724. The number of rotatable bonds is 7. The van der Waals surface area contributed by atoms with Gasteiger partial charge in [-0.1, -0.05) is 23.1 Å². The lowest BCUT2D eigenvalue weighted by molar-refractivity contribution is -0.120. The summed E-state index contributed by atoms with van der Waals surface area (Å²) in [6.45, 7) is 5.31. The van der Waals surface area contributed by atoms with E-state index in [2.05, 4.69) is 32.0 Å². The van der Waals surface area contributed by atoms with Crippen LogP contribution in [0.15, 0.2) is 10.4 Å². The first-order valence-electron chi connectivity index (χ1n) is 7.66. The number of nitrogens with one attached hydrogen (secondary N) is 2. The predicted octanol–water partition coefficient (Wildman–Crippen LogP) is 0.987. The van der Waals surface area contributed by atoms with E-state index in [9.17, 15) is 4.79 Å². The minimum absolute atomic E-state index is 0.0724. The zero-order valence-electron chi connectivity index (χ0n) is 13.0. The van der Waals surface area contributed by atoms with Crippen LogP contribution in [0.1, 0.15) is 22.8 Å². The average Bonchev–Trinajstić information content (AvgIpc) is 3.15. The number of fused-ring (bicyclic) bond motifs is 1. The molecular weight excluding hydrogens is 332 g/mol. The van der Waals surface area contributed by atoms with E-state index in [0.29, 0.717) is 19.4 Å². The second kappa shape index (κ2) is 7.89. The third-order valence-corrected chi connectivity index (χ3v) is 5.46. The minimum Gasteiger partial charge on any atom is -0.355 e. The topological polar surface area (TPSA) is 84.7 Å². The van der Waals surface area contributed by atoms with Crippen LogP contribution in [0.2, 0.25) is 0 Å². The molecule has 0 unspecified atom stereocenters. The Hall–Kier alpha value is -1.45. The molecule has 0 aliphatic carbocycles. The van der Waals surface area contributed by atoms with E-state index in [1.54, 1.807) is 23.1 Å². The van der Waals surface area contributed by atoms with Crippen molar-refractivity contribution in [1.29, 1.82) is 0 Å². The fourth-order valence-corrected chi connectivity index (χ4v) is 4.11. The first-order chi connectivity index (χ1) is 11.2. The maximum atomic E-state index is 11.9. The van der Waals surface area contributed by atoms with Gasteiger partial charge in [0.05, 0.1) is 17.9 Å². The number of aryl methyl sites for hydroxylation is 2. The summed E-state index contributed by atoms with van der Waals surface area (Å²) in [6.07, 6.45) is 1.17. The Labute approximate surface area is 143 Å². The van der Waals surface area contributed by atoms with Crippen LogP contribution in [-0.4, -0.2) is 44.7 Å². The van der Waals surface area contributed by atoms with Crippen LogP contribution in [0.25, 0.3) is 0 Å². The summed E-state index contributed by atoms with van der Waals surface area (Å²) in [4.78, 5) is 11.9. The van der Waals surface area contributed by atoms with Crippen LogP contribution in [0.4, 0.5) is 0 Å². The summed E-state index contributed by atoms with van der Waals surface area (Å²) in [5, 5.41) is 19.8. The van der Waals surface area contributed by atoms with Gasteiger partial charge in [-0.3, -0.25) is 9.48 Å². The molecule has 0 radical (unpaired) electrons. The molecule has 2 aromatic rings. The van der Waals surface area contributed by atoms with Gasteiger partial charge in [0.1, 0.15) is 5.01 Å². The Morgan fingerprint density at radius 2 is 2.43 bits per heavy atom. The number of nitrogens with zero attached hydrogens (tertiary/aromatic N) is 4. The van der Waals surface area contributed by atoms with Crippen LogP contribution >= 0.6 is 23.1 Å². The van der Waals surface area contributed by atoms with Crippen molar-refractivity contribution in [2.75, 3.05) is 18.8 Å². The lowest BCUT2D eigenvalue weighted by Gasteiger charge is -2.13. The van der Waals surface area contributed by atoms with Crippen molar-refractivity contribution in [3.63, 3.8) is 0 Å². The number of amides is 1. The van der Waals surface area contributed by atoms with E-state index >= 15 is 0 Å². The van der Waals surface area contributed by atoms with Gasteiger partial charge >= 0.3 is 0 Å². The normalized spacial score (nSPS) is 13.8. The highest BCUT2D eigenvalue weighted by Crippen LogP contribution is 2.20. The molecule has 9 heteroatoms. The van der Waals surface area contributed by atoms with Gasteiger partial charge in [-0.05, 0) is 13.0 Å². The molecule has 1 amide bonds. The highest BCUT2D eigenvalue weighted by Gasteiger charge is 2.12. The number of hydrogen-bond acceptors (Lipinski definition) is 7. The number of carbonyl (C=O) groups excluding carboxylic acids is 1. The van der Waals surface area contributed by atoms with Gasteiger partial charge in [-0.2, -0.15) is 5.10 Å². The van der Waals surface area contributed by atoms with E-state index < -0.39 is 0 Å². The van der Waals surface area contributed by atoms with Gasteiger partial charge < -0.3 is 10.6 Å². The van der Waals surface area contributed by atoms with Crippen molar-refractivity contribution < 1.29 is 4.79 Å². The lowest BCUT2D eigenvalue weighted by atomic mass is 10.2. The highest BCUT2D eigenvalue weighted by molar-refractivity contribution is 8.01. The molecule has 0 bridgehead atoms. The third kappa shape index (κ3) is 4.76. The summed E-state index contributed by atoms with van der Waals surface area (Å²) in [6, 6.07) is 2.09. The molecule has 2 N–H and O–H groups in total. The van der Waals surface area contributed by atoms with Crippen molar-refractivity contribution in [2.45, 2.75) is 37.2 Å². The van der Waals surface area contributed by atoms with E-state index in [-0.39, 0.29) is 5.91 Å². The summed E-state index contributed by atoms with van der Waals surface area (Å²) in [7, 11) is 0. The van der Waals surface area contributed by atoms with Gasteiger partial charge in [0, 0.05) is 38.2 Å². The highest BCUT2D eigenvalue weighted by atomic mass is 32.2. The largest absolute Gasteiger partial charge is 0.355 e. The Bertz CT molecular complexity index is 645. The molecule has 0 saturated heterocycles. The summed E-state index contributed by atoms with van der Waals surface area (Å²) < 4.78 is 2.98. The first-order valence-corrected chi connectivity index (χ1v) is 9.47. The van der Waals surface area contributed by atoms with Crippen LogP contribution in [0.3, 0.4) is 0 Å².